The standard InChI is InChI=1S/C25H48O12/c1-2-3-4-5-6-7-8-9-11-33-12-10-13-34-24-22(32)20(30)23(17(15-27)36-24)37-25-21(31)19(29)18(28)16(14-26)35-25/h16-32H,2-15H2,1H3/t16?,17?,18-,19?,20?,21+,22+,23-,24-,25-/m0/s1. The van der Waals surface area contributed by atoms with Gasteiger partial charge in [0.25, 0.3) is 0 Å². The SMILES string of the molecule is CCCCCCCCCCOCCCO[C@H]1OC(CO)[C@H](O[C@@H]2OC(CO)[C@H](O)C(O)[C@H]2O)C(O)[C@H]1O. The van der Waals surface area contributed by atoms with E-state index in [1.807, 2.05) is 0 Å². The normalized spacial score (nSPS) is 36.6. The minimum atomic E-state index is -1.71. The molecule has 2 fully saturated rings. The van der Waals surface area contributed by atoms with E-state index in [1.54, 1.807) is 0 Å². The Labute approximate surface area is 219 Å². The van der Waals surface area contributed by atoms with E-state index < -0.39 is 74.6 Å². The molecular weight excluding hydrogens is 492 g/mol. The van der Waals surface area contributed by atoms with Crippen molar-refractivity contribution in [2.75, 3.05) is 33.0 Å². The summed E-state index contributed by atoms with van der Waals surface area (Å²) in [6.07, 6.45) is -4.18. The summed E-state index contributed by atoms with van der Waals surface area (Å²) in [6, 6.07) is 0. The lowest BCUT2D eigenvalue weighted by Gasteiger charge is -2.45. The monoisotopic (exact) mass is 540 g/mol. The fourth-order valence-electron chi connectivity index (χ4n) is 4.49. The van der Waals surface area contributed by atoms with Gasteiger partial charge < -0.3 is 59.4 Å². The van der Waals surface area contributed by atoms with Crippen molar-refractivity contribution in [3.05, 3.63) is 0 Å². The van der Waals surface area contributed by atoms with Gasteiger partial charge in [-0.3, -0.25) is 0 Å². The van der Waals surface area contributed by atoms with Crippen LogP contribution in [0.2, 0.25) is 0 Å². The predicted molar refractivity (Wildman–Crippen MR) is 130 cm³/mol. The molecule has 2 saturated heterocycles. The van der Waals surface area contributed by atoms with Gasteiger partial charge >= 0.3 is 0 Å². The first-order chi connectivity index (χ1) is 17.8. The summed E-state index contributed by atoms with van der Waals surface area (Å²) in [5, 5.41) is 70.2. The molecule has 2 rings (SSSR count). The van der Waals surface area contributed by atoms with Crippen LogP contribution in [0, 0.1) is 0 Å². The highest BCUT2D eigenvalue weighted by atomic mass is 16.7. The molecule has 12 nitrogen and oxygen atoms in total. The Morgan fingerprint density at radius 2 is 1.14 bits per heavy atom. The molecule has 12 heteroatoms. The third-order valence-corrected chi connectivity index (χ3v) is 6.82. The summed E-state index contributed by atoms with van der Waals surface area (Å²) in [6.45, 7) is 2.31. The molecule has 2 aliphatic heterocycles. The zero-order chi connectivity index (χ0) is 27.2. The van der Waals surface area contributed by atoms with Crippen LogP contribution in [-0.4, -0.2) is 130 Å². The van der Waals surface area contributed by atoms with Crippen molar-refractivity contribution in [3.63, 3.8) is 0 Å². The first kappa shape index (κ1) is 32.7. The number of hydrogen-bond donors (Lipinski definition) is 7. The molecule has 0 radical (unpaired) electrons. The highest BCUT2D eigenvalue weighted by molar-refractivity contribution is 4.94. The van der Waals surface area contributed by atoms with E-state index in [9.17, 15) is 35.7 Å². The number of rotatable bonds is 18. The Morgan fingerprint density at radius 1 is 0.568 bits per heavy atom. The third-order valence-electron chi connectivity index (χ3n) is 6.82. The lowest BCUT2D eigenvalue weighted by atomic mass is 9.97. The molecule has 0 aliphatic carbocycles. The minimum absolute atomic E-state index is 0.197. The maximum atomic E-state index is 10.6. The number of ether oxygens (including phenoxy) is 5. The van der Waals surface area contributed by atoms with Gasteiger partial charge in [0, 0.05) is 13.2 Å². The van der Waals surface area contributed by atoms with Crippen molar-refractivity contribution >= 4 is 0 Å². The van der Waals surface area contributed by atoms with Gasteiger partial charge in [0.05, 0.1) is 19.8 Å². The van der Waals surface area contributed by atoms with Crippen LogP contribution in [-0.2, 0) is 23.7 Å². The van der Waals surface area contributed by atoms with Crippen LogP contribution in [0.25, 0.3) is 0 Å². The van der Waals surface area contributed by atoms with E-state index in [-0.39, 0.29) is 6.61 Å². The quantitative estimate of drug-likeness (QED) is 0.107. The Bertz CT molecular complexity index is 580. The van der Waals surface area contributed by atoms with Crippen LogP contribution in [0.5, 0.6) is 0 Å². The van der Waals surface area contributed by atoms with Gasteiger partial charge in [-0.2, -0.15) is 0 Å². The number of unbranched alkanes of at least 4 members (excludes halogenated alkanes) is 7. The molecule has 10 atom stereocenters. The Hall–Kier alpha value is -0.480. The Morgan fingerprint density at radius 3 is 1.78 bits per heavy atom. The van der Waals surface area contributed by atoms with Crippen LogP contribution in [0.4, 0.5) is 0 Å². The predicted octanol–water partition coefficient (Wildman–Crippen LogP) is -0.825. The summed E-state index contributed by atoms with van der Waals surface area (Å²) in [5.74, 6) is 0. The summed E-state index contributed by atoms with van der Waals surface area (Å²) in [5.41, 5.74) is 0. The topological polar surface area (TPSA) is 188 Å². The Kier molecular flexibility index (Phi) is 15.9. The molecule has 4 unspecified atom stereocenters. The van der Waals surface area contributed by atoms with Crippen molar-refractivity contribution in [3.8, 4) is 0 Å². The summed E-state index contributed by atoms with van der Waals surface area (Å²) < 4.78 is 27.5. The van der Waals surface area contributed by atoms with Crippen LogP contribution < -0.4 is 0 Å². The van der Waals surface area contributed by atoms with E-state index >= 15 is 0 Å². The minimum Gasteiger partial charge on any atom is -0.394 e. The van der Waals surface area contributed by atoms with Crippen LogP contribution in [0.3, 0.4) is 0 Å². The van der Waals surface area contributed by atoms with Crippen LogP contribution in [0.15, 0.2) is 0 Å². The maximum absolute atomic E-state index is 10.6. The second-order valence-corrected chi connectivity index (χ2v) is 9.82. The molecule has 0 aromatic heterocycles. The van der Waals surface area contributed by atoms with Crippen LogP contribution in [0.1, 0.15) is 64.7 Å². The zero-order valence-electron chi connectivity index (χ0n) is 21.8. The van der Waals surface area contributed by atoms with E-state index in [0.717, 1.165) is 12.8 Å². The molecule has 0 aromatic carbocycles. The fraction of sp³-hybridized carbons (Fsp3) is 1.00. The van der Waals surface area contributed by atoms with Gasteiger partial charge in [-0.25, -0.2) is 0 Å². The molecule has 2 aliphatic rings. The average Bonchev–Trinajstić information content (AvgIpc) is 2.90. The van der Waals surface area contributed by atoms with Crippen LogP contribution >= 0.6 is 0 Å². The molecule has 2 heterocycles. The number of aliphatic hydroxyl groups is 7. The second-order valence-electron chi connectivity index (χ2n) is 9.82. The molecule has 0 amide bonds. The van der Waals surface area contributed by atoms with Crippen molar-refractivity contribution in [2.45, 2.75) is 126 Å². The van der Waals surface area contributed by atoms with Gasteiger partial charge in [0.2, 0.25) is 0 Å². The lowest BCUT2D eigenvalue weighted by Crippen LogP contribution is -2.64. The molecular formula is C25H48O12. The van der Waals surface area contributed by atoms with Crippen molar-refractivity contribution < 1.29 is 59.4 Å². The molecule has 220 valence electrons. The van der Waals surface area contributed by atoms with Gasteiger partial charge in [-0.05, 0) is 12.8 Å². The first-order valence-corrected chi connectivity index (χ1v) is 13.6. The van der Waals surface area contributed by atoms with Crippen molar-refractivity contribution in [1.82, 2.24) is 0 Å². The number of hydrogen-bond acceptors (Lipinski definition) is 12. The summed E-state index contributed by atoms with van der Waals surface area (Å²) >= 11 is 0. The molecule has 37 heavy (non-hydrogen) atoms. The van der Waals surface area contributed by atoms with Gasteiger partial charge in [0.15, 0.2) is 12.6 Å². The average molecular weight is 541 g/mol. The van der Waals surface area contributed by atoms with Gasteiger partial charge in [0.1, 0.15) is 48.8 Å². The van der Waals surface area contributed by atoms with E-state index in [1.165, 1.54) is 38.5 Å². The van der Waals surface area contributed by atoms with E-state index in [2.05, 4.69) is 6.92 Å². The van der Waals surface area contributed by atoms with E-state index in [4.69, 9.17) is 23.7 Å². The van der Waals surface area contributed by atoms with Gasteiger partial charge in [-0.1, -0.05) is 51.9 Å². The Balaban J connectivity index is 1.68. The molecule has 0 aromatic rings. The molecule has 0 saturated carbocycles. The lowest BCUT2D eigenvalue weighted by molar-refractivity contribution is -0.359. The maximum Gasteiger partial charge on any atom is 0.187 e. The second kappa shape index (κ2) is 18.0. The molecule has 7 N–H and O–H groups in total. The fourth-order valence-corrected chi connectivity index (χ4v) is 4.49. The van der Waals surface area contributed by atoms with E-state index in [0.29, 0.717) is 19.6 Å². The summed E-state index contributed by atoms with van der Waals surface area (Å²) in [4.78, 5) is 0. The van der Waals surface area contributed by atoms with Crippen molar-refractivity contribution in [2.24, 2.45) is 0 Å². The van der Waals surface area contributed by atoms with Crippen molar-refractivity contribution in [1.29, 1.82) is 0 Å². The number of aliphatic hydroxyl groups excluding tert-OH is 7. The third kappa shape index (κ3) is 10.2. The van der Waals surface area contributed by atoms with Gasteiger partial charge in [-0.15, -0.1) is 0 Å². The smallest absolute Gasteiger partial charge is 0.187 e. The summed E-state index contributed by atoms with van der Waals surface area (Å²) in [7, 11) is 0. The molecule has 0 bridgehead atoms. The zero-order valence-corrected chi connectivity index (χ0v) is 21.8. The largest absolute Gasteiger partial charge is 0.394 e. The highest BCUT2D eigenvalue weighted by Crippen LogP contribution is 2.29. The highest BCUT2D eigenvalue weighted by Gasteiger charge is 2.50. The first-order valence-electron chi connectivity index (χ1n) is 13.6. The molecule has 0 spiro atoms.